The van der Waals surface area contributed by atoms with Crippen LogP contribution in [0.3, 0.4) is 0 Å². The smallest absolute Gasteiger partial charge is 0.251 e. The maximum atomic E-state index is 12.0. The molecule has 0 saturated carbocycles. The minimum absolute atomic E-state index is 0.0627. The first-order valence-electron chi connectivity index (χ1n) is 5.84. The molecule has 0 radical (unpaired) electrons. The molecule has 2 aromatic carbocycles. The van der Waals surface area contributed by atoms with Crippen LogP contribution in [0.4, 0.5) is 0 Å². The van der Waals surface area contributed by atoms with Crippen LogP contribution >= 0.6 is 31.9 Å². The lowest BCUT2D eigenvalue weighted by atomic mass is 10.1. The van der Waals surface area contributed by atoms with Crippen LogP contribution in [0, 0.1) is 6.92 Å². The molecule has 0 bridgehead atoms. The van der Waals surface area contributed by atoms with E-state index in [9.17, 15) is 4.79 Å². The lowest BCUT2D eigenvalue weighted by Crippen LogP contribution is -2.22. The first-order valence-corrected chi connectivity index (χ1v) is 7.43. The van der Waals surface area contributed by atoms with Crippen molar-refractivity contribution < 1.29 is 4.79 Å². The van der Waals surface area contributed by atoms with Crippen LogP contribution in [0.15, 0.2) is 51.4 Å². The van der Waals surface area contributed by atoms with Crippen LogP contribution in [0.1, 0.15) is 21.5 Å². The minimum Gasteiger partial charge on any atom is -0.348 e. The molecule has 19 heavy (non-hydrogen) atoms. The zero-order valence-electron chi connectivity index (χ0n) is 10.4. The van der Waals surface area contributed by atoms with Gasteiger partial charge in [0.2, 0.25) is 0 Å². The first-order chi connectivity index (χ1) is 9.04. The fourth-order valence-electron chi connectivity index (χ4n) is 1.75. The molecular formula is C15H13Br2NO. The highest BCUT2D eigenvalue weighted by Crippen LogP contribution is 2.15. The summed E-state index contributed by atoms with van der Waals surface area (Å²) in [5.74, 6) is -0.0627. The summed E-state index contributed by atoms with van der Waals surface area (Å²) >= 11 is 6.79. The summed E-state index contributed by atoms with van der Waals surface area (Å²) < 4.78 is 1.95. The number of hydrogen-bond acceptors (Lipinski definition) is 1. The third-order valence-electron chi connectivity index (χ3n) is 2.67. The van der Waals surface area contributed by atoms with Gasteiger partial charge in [-0.3, -0.25) is 4.79 Å². The van der Waals surface area contributed by atoms with E-state index >= 15 is 0 Å². The Kier molecular flexibility index (Phi) is 4.77. The van der Waals surface area contributed by atoms with E-state index in [1.54, 1.807) is 0 Å². The summed E-state index contributed by atoms with van der Waals surface area (Å²) in [6.07, 6.45) is 0. The standard InChI is InChI=1S/C15H13Br2NO/c1-10-6-12(8-14(17)7-10)15(19)18-9-11-2-4-13(16)5-3-11/h2-8H,9H2,1H3,(H,18,19). The van der Waals surface area contributed by atoms with Gasteiger partial charge in [-0.05, 0) is 48.4 Å². The molecule has 0 atom stereocenters. The normalized spacial score (nSPS) is 10.3. The summed E-state index contributed by atoms with van der Waals surface area (Å²) in [5.41, 5.74) is 2.80. The lowest BCUT2D eigenvalue weighted by Gasteiger charge is -2.07. The van der Waals surface area contributed by atoms with Gasteiger partial charge in [0, 0.05) is 21.1 Å². The van der Waals surface area contributed by atoms with Crippen LogP contribution in [0.25, 0.3) is 0 Å². The second-order valence-corrected chi connectivity index (χ2v) is 6.16. The molecule has 98 valence electrons. The van der Waals surface area contributed by atoms with Crippen LogP contribution in [-0.4, -0.2) is 5.91 Å². The summed E-state index contributed by atoms with van der Waals surface area (Å²) in [6, 6.07) is 13.6. The van der Waals surface area contributed by atoms with Gasteiger partial charge in [-0.25, -0.2) is 0 Å². The van der Waals surface area contributed by atoms with E-state index in [-0.39, 0.29) is 5.91 Å². The Labute approximate surface area is 129 Å². The van der Waals surface area contributed by atoms with Crippen molar-refractivity contribution in [3.05, 3.63) is 68.1 Å². The van der Waals surface area contributed by atoms with Crippen LogP contribution in [0.2, 0.25) is 0 Å². The molecule has 2 nitrogen and oxygen atoms in total. The molecule has 0 fully saturated rings. The van der Waals surface area contributed by atoms with Crippen LogP contribution in [-0.2, 0) is 6.54 Å². The number of amides is 1. The van der Waals surface area contributed by atoms with Gasteiger partial charge in [-0.2, -0.15) is 0 Å². The highest BCUT2D eigenvalue weighted by molar-refractivity contribution is 9.10. The Balaban J connectivity index is 2.03. The quantitative estimate of drug-likeness (QED) is 0.834. The number of aryl methyl sites for hydroxylation is 1. The van der Waals surface area contributed by atoms with Crippen molar-refractivity contribution in [3.8, 4) is 0 Å². The predicted octanol–water partition coefficient (Wildman–Crippen LogP) is 4.45. The molecule has 0 unspecified atom stereocenters. The van der Waals surface area contributed by atoms with Crippen molar-refractivity contribution in [1.29, 1.82) is 0 Å². The van der Waals surface area contributed by atoms with Crippen LogP contribution in [0.5, 0.6) is 0 Å². The fraction of sp³-hybridized carbons (Fsp3) is 0.133. The van der Waals surface area contributed by atoms with Crippen molar-refractivity contribution in [1.82, 2.24) is 5.32 Å². The third-order valence-corrected chi connectivity index (χ3v) is 3.66. The zero-order valence-corrected chi connectivity index (χ0v) is 13.6. The van der Waals surface area contributed by atoms with E-state index in [2.05, 4.69) is 37.2 Å². The largest absolute Gasteiger partial charge is 0.348 e. The molecule has 4 heteroatoms. The van der Waals surface area contributed by atoms with Gasteiger partial charge in [0.15, 0.2) is 0 Å². The molecule has 1 N–H and O–H groups in total. The molecular weight excluding hydrogens is 370 g/mol. The van der Waals surface area contributed by atoms with Crippen molar-refractivity contribution in [2.75, 3.05) is 0 Å². The third kappa shape index (κ3) is 4.18. The van der Waals surface area contributed by atoms with E-state index in [0.29, 0.717) is 12.1 Å². The summed E-state index contributed by atoms with van der Waals surface area (Å²) in [4.78, 5) is 12.0. The molecule has 0 aliphatic rings. The Hall–Kier alpha value is -1.13. The minimum atomic E-state index is -0.0627. The highest BCUT2D eigenvalue weighted by Gasteiger charge is 2.06. The van der Waals surface area contributed by atoms with Gasteiger partial charge >= 0.3 is 0 Å². The molecule has 0 spiro atoms. The van der Waals surface area contributed by atoms with Gasteiger partial charge in [-0.1, -0.05) is 44.0 Å². The second kappa shape index (κ2) is 6.35. The maximum absolute atomic E-state index is 12.0. The van der Waals surface area contributed by atoms with Crippen LogP contribution < -0.4 is 5.32 Å². The summed E-state index contributed by atoms with van der Waals surface area (Å²) in [6.45, 7) is 2.49. The van der Waals surface area contributed by atoms with Gasteiger partial charge in [0.05, 0.1) is 0 Å². The molecule has 0 heterocycles. The Morgan fingerprint density at radius 2 is 1.74 bits per heavy atom. The molecule has 1 amide bonds. The van der Waals surface area contributed by atoms with Gasteiger partial charge in [0.1, 0.15) is 0 Å². The topological polar surface area (TPSA) is 29.1 Å². The van der Waals surface area contributed by atoms with E-state index in [1.807, 2.05) is 49.4 Å². The van der Waals surface area contributed by atoms with Crippen molar-refractivity contribution >= 4 is 37.8 Å². The summed E-state index contributed by atoms with van der Waals surface area (Å²) in [7, 11) is 0. The predicted molar refractivity (Wildman–Crippen MR) is 84.2 cm³/mol. The van der Waals surface area contributed by atoms with Crippen molar-refractivity contribution in [2.45, 2.75) is 13.5 Å². The molecule has 2 aromatic rings. The van der Waals surface area contributed by atoms with Gasteiger partial charge in [0.25, 0.3) is 5.91 Å². The first kappa shape index (κ1) is 14.3. The molecule has 0 saturated heterocycles. The average Bonchev–Trinajstić information content (AvgIpc) is 2.36. The Bertz CT molecular complexity index is 573. The molecule has 0 aliphatic heterocycles. The Morgan fingerprint density at radius 1 is 1.05 bits per heavy atom. The number of hydrogen-bond donors (Lipinski definition) is 1. The van der Waals surface area contributed by atoms with E-state index in [1.165, 1.54) is 0 Å². The number of rotatable bonds is 3. The SMILES string of the molecule is Cc1cc(Br)cc(C(=O)NCc2ccc(Br)cc2)c1. The van der Waals surface area contributed by atoms with E-state index < -0.39 is 0 Å². The van der Waals surface area contributed by atoms with Crippen molar-refractivity contribution in [3.63, 3.8) is 0 Å². The monoisotopic (exact) mass is 381 g/mol. The number of carbonyl (C=O) groups is 1. The number of halogens is 2. The zero-order chi connectivity index (χ0) is 13.8. The second-order valence-electron chi connectivity index (χ2n) is 4.33. The molecule has 2 rings (SSSR count). The number of nitrogens with one attached hydrogen (secondary N) is 1. The van der Waals surface area contributed by atoms with Gasteiger partial charge < -0.3 is 5.32 Å². The van der Waals surface area contributed by atoms with E-state index in [0.717, 1.165) is 20.1 Å². The fourth-order valence-corrected chi connectivity index (χ4v) is 2.63. The Morgan fingerprint density at radius 3 is 2.37 bits per heavy atom. The van der Waals surface area contributed by atoms with E-state index in [4.69, 9.17) is 0 Å². The lowest BCUT2D eigenvalue weighted by molar-refractivity contribution is 0.0951. The van der Waals surface area contributed by atoms with Gasteiger partial charge in [-0.15, -0.1) is 0 Å². The average molecular weight is 383 g/mol. The molecule has 0 aliphatic carbocycles. The number of benzene rings is 2. The summed E-state index contributed by atoms with van der Waals surface area (Å²) in [5, 5.41) is 2.91. The number of carbonyl (C=O) groups excluding carboxylic acids is 1. The highest BCUT2D eigenvalue weighted by atomic mass is 79.9. The van der Waals surface area contributed by atoms with Crippen molar-refractivity contribution in [2.24, 2.45) is 0 Å². The molecule has 0 aromatic heterocycles. The maximum Gasteiger partial charge on any atom is 0.251 e.